The Hall–Kier alpha value is -2.54. The van der Waals surface area contributed by atoms with Crippen molar-refractivity contribution in [3.8, 4) is 11.5 Å². The Kier molecular flexibility index (Phi) is 10.2. The van der Waals surface area contributed by atoms with E-state index in [9.17, 15) is 5.11 Å². The number of anilines is 2. The van der Waals surface area contributed by atoms with Gasteiger partial charge in [-0.2, -0.15) is 4.37 Å². The van der Waals surface area contributed by atoms with Crippen molar-refractivity contribution in [3.63, 3.8) is 0 Å². The van der Waals surface area contributed by atoms with E-state index >= 15 is 0 Å². The van der Waals surface area contributed by atoms with Crippen molar-refractivity contribution >= 4 is 59.1 Å². The highest BCUT2D eigenvalue weighted by atomic mass is 35.5. The molecular weight excluding hydrogens is 507 g/mol. The van der Waals surface area contributed by atoms with Gasteiger partial charge in [0.25, 0.3) is 0 Å². The molecule has 33 heavy (non-hydrogen) atoms. The fraction of sp³-hybridized carbons (Fsp3) is 0.150. The van der Waals surface area contributed by atoms with Gasteiger partial charge in [-0.25, -0.2) is 15.0 Å². The van der Waals surface area contributed by atoms with Gasteiger partial charge in [-0.3, -0.25) is 4.98 Å². The Morgan fingerprint density at radius 1 is 1.09 bits per heavy atom. The first-order valence-electron chi connectivity index (χ1n) is 9.20. The van der Waals surface area contributed by atoms with Crippen molar-refractivity contribution < 1.29 is 14.9 Å². The highest BCUT2D eigenvalue weighted by Crippen LogP contribution is 2.36. The van der Waals surface area contributed by atoms with Crippen LogP contribution in [-0.4, -0.2) is 41.1 Å². The summed E-state index contributed by atoms with van der Waals surface area (Å²) in [7, 11) is 0. The zero-order chi connectivity index (χ0) is 21.6. The maximum Gasteiger partial charge on any atom is 0.208 e. The van der Waals surface area contributed by atoms with E-state index in [-0.39, 0.29) is 30.6 Å². The predicted octanol–water partition coefficient (Wildman–Crippen LogP) is 4.59. The van der Waals surface area contributed by atoms with Crippen LogP contribution in [0.4, 0.5) is 10.9 Å². The summed E-state index contributed by atoms with van der Waals surface area (Å²) in [6.07, 6.45) is 4.00. The molecule has 0 amide bonds. The van der Waals surface area contributed by atoms with Gasteiger partial charge in [0.15, 0.2) is 17.4 Å². The van der Waals surface area contributed by atoms with E-state index in [1.165, 1.54) is 11.8 Å². The molecule has 0 bridgehead atoms. The number of nitrogens with zero attached hydrogens (tertiary/aromatic N) is 5. The molecule has 174 valence electrons. The highest BCUT2D eigenvalue weighted by Gasteiger charge is 2.16. The molecule has 0 radical (unpaired) electrons. The third kappa shape index (κ3) is 6.97. The van der Waals surface area contributed by atoms with Crippen molar-refractivity contribution in [2.24, 2.45) is 0 Å². The Morgan fingerprint density at radius 3 is 2.64 bits per heavy atom. The number of nitrogens with one attached hydrogen (secondary N) is 1. The second-order valence-corrected chi connectivity index (χ2v) is 8.10. The van der Waals surface area contributed by atoms with Gasteiger partial charge in [0, 0.05) is 41.1 Å². The third-order valence-corrected chi connectivity index (χ3v) is 5.56. The van der Waals surface area contributed by atoms with Gasteiger partial charge >= 0.3 is 0 Å². The van der Waals surface area contributed by atoms with Crippen LogP contribution in [0.2, 0.25) is 0 Å². The number of ether oxygens (including phenoxy) is 1. The summed E-state index contributed by atoms with van der Waals surface area (Å²) in [6.45, 7) is 1.40. The van der Waals surface area contributed by atoms with Crippen molar-refractivity contribution in [1.82, 2.24) is 24.3 Å². The van der Waals surface area contributed by atoms with Crippen molar-refractivity contribution in [2.75, 3.05) is 11.9 Å². The van der Waals surface area contributed by atoms with Crippen LogP contribution in [0.1, 0.15) is 17.6 Å². The number of aryl methyl sites for hydroxylation is 1. The van der Waals surface area contributed by atoms with E-state index in [1.54, 1.807) is 24.7 Å². The molecule has 0 spiro atoms. The van der Waals surface area contributed by atoms with Crippen LogP contribution in [0.3, 0.4) is 0 Å². The van der Waals surface area contributed by atoms with Gasteiger partial charge in [-0.1, -0.05) is 17.8 Å². The average Bonchev–Trinajstić information content (AvgIpc) is 3.26. The summed E-state index contributed by atoms with van der Waals surface area (Å²) >= 11 is 2.51. The number of hydrogen-bond donors (Lipinski definition) is 3. The second kappa shape index (κ2) is 12.6. The number of pyridine rings is 3. The monoisotopic (exact) mass is 526 g/mol. The number of rotatable bonds is 8. The topological polar surface area (TPSA) is 126 Å². The lowest BCUT2D eigenvalue weighted by molar-refractivity contribution is 0.0897. The molecule has 0 saturated heterocycles. The summed E-state index contributed by atoms with van der Waals surface area (Å²) < 4.78 is 10.2. The van der Waals surface area contributed by atoms with Crippen LogP contribution in [0.5, 0.6) is 11.5 Å². The Balaban J connectivity index is 0.00000193. The lowest BCUT2D eigenvalue weighted by Gasteiger charge is -2.13. The largest absolute Gasteiger partial charge is 0.452 e. The zero-order valence-corrected chi connectivity index (χ0v) is 20.4. The molecule has 4 heterocycles. The van der Waals surface area contributed by atoms with Crippen molar-refractivity contribution in [3.05, 3.63) is 66.5 Å². The number of aromatic nitrogens is 5. The van der Waals surface area contributed by atoms with Crippen molar-refractivity contribution in [2.45, 2.75) is 22.9 Å². The van der Waals surface area contributed by atoms with Gasteiger partial charge in [0.1, 0.15) is 16.9 Å². The quantitative estimate of drug-likeness (QED) is 0.300. The van der Waals surface area contributed by atoms with E-state index in [1.807, 2.05) is 37.3 Å². The lowest BCUT2D eigenvalue weighted by atomic mass is 10.3. The summed E-state index contributed by atoms with van der Waals surface area (Å²) in [5.74, 6) is 1.63. The molecule has 3 N–H and O–H groups in total. The maximum absolute atomic E-state index is 9.71. The fourth-order valence-electron chi connectivity index (χ4n) is 2.48. The summed E-state index contributed by atoms with van der Waals surface area (Å²) in [4.78, 5) is 18.1. The molecule has 0 aliphatic heterocycles. The normalized spacial score (nSPS) is 11.1. The van der Waals surface area contributed by atoms with E-state index in [2.05, 4.69) is 29.6 Å². The van der Waals surface area contributed by atoms with E-state index in [4.69, 9.17) is 9.84 Å². The molecular formula is C20H20Cl2N6O3S2. The summed E-state index contributed by atoms with van der Waals surface area (Å²) in [5.41, 5.74) is 0.737. The molecule has 0 aliphatic rings. The first kappa shape index (κ1) is 26.7. The number of halogens is 2. The standard InChI is InChI=1S/C20H18N6O3S2.2ClH/c1-12-15(5-4-8-21-12)29-16-9-13(30-17-6-2-3-7-22-17)10-23-19(16)25-20-24-18(26-31-20)14(28)11-27;;/h2-10,14,27-28H,11H2,1H3,(H,23,24,25,26);2*1H/t14-;;/m1../s1. The highest BCUT2D eigenvalue weighted by molar-refractivity contribution is 7.99. The summed E-state index contributed by atoms with van der Waals surface area (Å²) in [6, 6.07) is 11.2. The van der Waals surface area contributed by atoms with Crippen LogP contribution in [-0.2, 0) is 0 Å². The zero-order valence-electron chi connectivity index (χ0n) is 17.2. The van der Waals surface area contributed by atoms with Crippen LogP contribution in [0, 0.1) is 6.92 Å². The van der Waals surface area contributed by atoms with Gasteiger partial charge < -0.3 is 20.3 Å². The predicted molar refractivity (Wildman–Crippen MR) is 131 cm³/mol. The van der Waals surface area contributed by atoms with Crippen LogP contribution >= 0.6 is 48.1 Å². The molecule has 1 atom stereocenters. The maximum atomic E-state index is 9.71. The fourth-order valence-corrected chi connectivity index (χ4v) is 3.87. The number of aliphatic hydroxyl groups is 2. The lowest BCUT2D eigenvalue weighted by Crippen LogP contribution is -2.04. The molecule has 4 rings (SSSR count). The van der Waals surface area contributed by atoms with Crippen LogP contribution in [0.15, 0.2) is 64.9 Å². The average molecular weight is 527 g/mol. The third-order valence-electron chi connectivity index (χ3n) is 4.00. The van der Waals surface area contributed by atoms with Gasteiger partial charge in [0.05, 0.1) is 12.3 Å². The molecule has 4 aromatic heterocycles. The minimum absolute atomic E-state index is 0. The molecule has 4 aromatic rings. The SMILES string of the molecule is Cc1ncccc1Oc1cc(Sc2ccccn2)cnc1Nc1nc([C@H](O)CO)ns1.Cl.Cl. The Morgan fingerprint density at radius 2 is 1.91 bits per heavy atom. The summed E-state index contributed by atoms with van der Waals surface area (Å²) in [5, 5.41) is 23.1. The molecule has 0 saturated carbocycles. The smallest absolute Gasteiger partial charge is 0.208 e. The van der Waals surface area contributed by atoms with Crippen LogP contribution in [0.25, 0.3) is 0 Å². The molecule has 13 heteroatoms. The minimum Gasteiger partial charge on any atom is -0.452 e. The van der Waals surface area contributed by atoms with Gasteiger partial charge in [-0.15, -0.1) is 24.8 Å². The van der Waals surface area contributed by atoms with Crippen molar-refractivity contribution in [1.29, 1.82) is 0 Å². The van der Waals surface area contributed by atoms with Gasteiger partial charge in [-0.05, 0) is 31.2 Å². The van der Waals surface area contributed by atoms with E-state index in [0.29, 0.717) is 22.4 Å². The number of aliphatic hydroxyl groups excluding tert-OH is 2. The molecule has 0 unspecified atom stereocenters. The molecule has 0 aromatic carbocycles. The van der Waals surface area contributed by atoms with E-state index < -0.39 is 12.7 Å². The molecule has 9 nitrogen and oxygen atoms in total. The van der Waals surface area contributed by atoms with Gasteiger partial charge in [0.2, 0.25) is 5.13 Å². The first-order chi connectivity index (χ1) is 15.1. The molecule has 0 aliphatic carbocycles. The van der Waals surface area contributed by atoms with E-state index in [0.717, 1.165) is 27.1 Å². The minimum atomic E-state index is -1.13. The second-order valence-electron chi connectivity index (χ2n) is 6.26. The Bertz CT molecular complexity index is 1170. The number of hydrogen-bond acceptors (Lipinski definition) is 11. The first-order valence-corrected chi connectivity index (χ1v) is 10.8. The van der Waals surface area contributed by atoms with Crippen LogP contribution < -0.4 is 10.1 Å². The molecule has 0 fully saturated rings. The Labute approximate surface area is 210 Å².